The number of hydrogen-bond acceptors (Lipinski definition) is 1. The Bertz CT molecular complexity index is 203. The largest absolute Gasteiger partial charge is 0.386 e. The molecule has 0 aromatic heterocycles. The lowest BCUT2D eigenvalue weighted by Gasteiger charge is -2.28. The first kappa shape index (κ1) is 10.5. The predicted octanol–water partition coefficient (Wildman–Crippen LogP) is 3.06. The highest BCUT2D eigenvalue weighted by Gasteiger charge is 2.26. The van der Waals surface area contributed by atoms with Crippen LogP contribution in [-0.2, 0) is 0 Å². The Balaban J connectivity index is 2.70. The lowest BCUT2D eigenvalue weighted by atomic mass is 9.85. The van der Waals surface area contributed by atoms with E-state index in [1.54, 1.807) is 0 Å². The normalized spacial score (nSPS) is 34.8. The zero-order chi connectivity index (χ0) is 9.73. The van der Waals surface area contributed by atoms with Crippen molar-refractivity contribution in [3.63, 3.8) is 0 Å². The van der Waals surface area contributed by atoms with E-state index >= 15 is 0 Å². The summed E-state index contributed by atoms with van der Waals surface area (Å²) in [6.07, 6.45) is 12.5. The molecule has 0 fully saturated rings. The molecular formula is C12H20O. The fourth-order valence-corrected chi connectivity index (χ4v) is 1.63. The van der Waals surface area contributed by atoms with Gasteiger partial charge in [-0.2, -0.15) is 0 Å². The molecule has 1 aliphatic rings. The Labute approximate surface area is 81.2 Å². The minimum atomic E-state index is -0.589. The first-order chi connectivity index (χ1) is 6.15. The third-order valence-corrected chi connectivity index (χ3v) is 2.83. The van der Waals surface area contributed by atoms with Crippen molar-refractivity contribution in [1.29, 1.82) is 0 Å². The summed E-state index contributed by atoms with van der Waals surface area (Å²) in [6, 6.07) is 0. The molecule has 0 aromatic carbocycles. The van der Waals surface area contributed by atoms with E-state index in [0.29, 0.717) is 5.92 Å². The molecule has 0 radical (unpaired) electrons. The predicted molar refractivity (Wildman–Crippen MR) is 56.5 cm³/mol. The van der Waals surface area contributed by atoms with E-state index in [9.17, 15) is 5.11 Å². The maximum atomic E-state index is 10.3. The zero-order valence-electron chi connectivity index (χ0n) is 8.66. The molecule has 0 saturated heterocycles. The van der Waals surface area contributed by atoms with Crippen molar-refractivity contribution in [3.8, 4) is 0 Å². The molecule has 0 aromatic rings. The second kappa shape index (κ2) is 4.61. The third-order valence-electron chi connectivity index (χ3n) is 2.83. The summed E-state index contributed by atoms with van der Waals surface area (Å²) in [7, 11) is 0. The van der Waals surface area contributed by atoms with Crippen molar-refractivity contribution in [1.82, 2.24) is 0 Å². The average Bonchev–Trinajstić information content (AvgIpc) is 2.18. The summed E-state index contributed by atoms with van der Waals surface area (Å²) >= 11 is 0. The summed E-state index contributed by atoms with van der Waals surface area (Å²) in [5.74, 6) is 0.301. The van der Waals surface area contributed by atoms with Crippen molar-refractivity contribution in [3.05, 3.63) is 24.3 Å². The lowest BCUT2D eigenvalue weighted by Crippen LogP contribution is -2.32. The maximum absolute atomic E-state index is 10.3. The van der Waals surface area contributed by atoms with Crippen LogP contribution in [0.5, 0.6) is 0 Å². The van der Waals surface area contributed by atoms with Crippen LogP contribution in [0, 0.1) is 5.92 Å². The second-order valence-corrected chi connectivity index (χ2v) is 4.18. The van der Waals surface area contributed by atoms with Gasteiger partial charge >= 0.3 is 0 Å². The molecule has 0 bridgehead atoms. The van der Waals surface area contributed by atoms with Gasteiger partial charge in [0.1, 0.15) is 0 Å². The van der Waals surface area contributed by atoms with Gasteiger partial charge in [-0.3, -0.25) is 0 Å². The van der Waals surface area contributed by atoms with Crippen LogP contribution >= 0.6 is 0 Å². The molecule has 1 nitrogen and oxygen atoms in total. The van der Waals surface area contributed by atoms with E-state index in [1.165, 1.54) is 6.42 Å². The van der Waals surface area contributed by atoms with Crippen LogP contribution in [0.2, 0.25) is 0 Å². The first-order valence-electron chi connectivity index (χ1n) is 5.22. The minimum absolute atomic E-state index is 0.301. The molecule has 1 atom stereocenters. The van der Waals surface area contributed by atoms with Crippen LogP contribution in [0.1, 0.15) is 39.5 Å². The molecule has 1 rings (SSSR count). The summed E-state index contributed by atoms with van der Waals surface area (Å²) in [6.45, 7) is 4.15. The van der Waals surface area contributed by atoms with Gasteiger partial charge in [-0.15, -0.1) is 0 Å². The number of aliphatic hydroxyl groups is 1. The fraction of sp³-hybridized carbons (Fsp3) is 0.667. The molecule has 74 valence electrons. The Kier molecular flexibility index (Phi) is 3.73. The van der Waals surface area contributed by atoms with Crippen molar-refractivity contribution < 1.29 is 5.11 Å². The fourth-order valence-electron chi connectivity index (χ4n) is 1.63. The highest BCUT2D eigenvalue weighted by Crippen LogP contribution is 2.26. The van der Waals surface area contributed by atoms with E-state index in [-0.39, 0.29) is 0 Å². The molecule has 0 saturated carbocycles. The van der Waals surface area contributed by atoms with Crippen molar-refractivity contribution in [2.75, 3.05) is 0 Å². The number of hydrogen-bond donors (Lipinski definition) is 1. The molecule has 0 aliphatic heterocycles. The Morgan fingerprint density at radius 3 is 2.69 bits per heavy atom. The smallest absolute Gasteiger partial charge is 0.0853 e. The van der Waals surface area contributed by atoms with E-state index in [4.69, 9.17) is 0 Å². The van der Waals surface area contributed by atoms with Crippen molar-refractivity contribution in [2.24, 2.45) is 5.92 Å². The topological polar surface area (TPSA) is 20.2 Å². The monoisotopic (exact) mass is 180 g/mol. The average molecular weight is 180 g/mol. The molecule has 0 heterocycles. The van der Waals surface area contributed by atoms with Crippen molar-refractivity contribution >= 4 is 0 Å². The van der Waals surface area contributed by atoms with Gasteiger partial charge < -0.3 is 5.11 Å². The quantitative estimate of drug-likeness (QED) is 0.657. The Hall–Kier alpha value is -0.560. The third kappa shape index (κ3) is 3.00. The SMILES string of the molecule is CC(C)C1(O)/C=C\C=C\CCCC1. The van der Waals surface area contributed by atoms with Gasteiger partial charge in [0, 0.05) is 0 Å². The molecule has 1 N–H and O–H groups in total. The highest BCUT2D eigenvalue weighted by molar-refractivity contribution is 5.11. The summed E-state index contributed by atoms with van der Waals surface area (Å²) < 4.78 is 0. The van der Waals surface area contributed by atoms with E-state index in [0.717, 1.165) is 19.3 Å². The Morgan fingerprint density at radius 1 is 1.23 bits per heavy atom. The van der Waals surface area contributed by atoms with Crippen LogP contribution < -0.4 is 0 Å². The van der Waals surface area contributed by atoms with Gasteiger partial charge in [-0.1, -0.05) is 38.2 Å². The summed E-state index contributed by atoms with van der Waals surface area (Å²) in [4.78, 5) is 0. The molecule has 1 heteroatoms. The van der Waals surface area contributed by atoms with Gasteiger partial charge in [0.05, 0.1) is 5.60 Å². The second-order valence-electron chi connectivity index (χ2n) is 4.18. The van der Waals surface area contributed by atoms with Crippen LogP contribution in [-0.4, -0.2) is 10.7 Å². The highest BCUT2D eigenvalue weighted by atomic mass is 16.3. The maximum Gasteiger partial charge on any atom is 0.0853 e. The van der Waals surface area contributed by atoms with Crippen LogP contribution in [0.25, 0.3) is 0 Å². The minimum Gasteiger partial charge on any atom is -0.386 e. The van der Waals surface area contributed by atoms with Crippen LogP contribution in [0.15, 0.2) is 24.3 Å². The first-order valence-corrected chi connectivity index (χ1v) is 5.22. The van der Waals surface area contributed by atoms with Gasteiger partial charge in [-0.25, -0.2) is 0 Å². The van der Waals surface area contributed by atoms with Gasteiger partial charge in [0.25, 0.3) is 0 Å². The molecule has 0 amide bonds. The summed E-state index contributed by atoms with van der Waals surface area (Å²) in [5, 5.41) is 10.3. The number of rotatable bonds is 1. The molecule has 1 aliphatic carbocycles. The summed E-state index contributed by atoms with van der Waals surface area (Å²) in [5.41, 5.74) is -0.589. The van der Waals surface area contributed by atoms with Gasteiger partial charge in [-0.05, 0) is 31.6 Å². The lowest BCUT2D eigenvalue weighted by molar-refractivity contribution is 0.0326. The molecule has 1 unspecified atom stereocenters. The van der Waals surface area contributed by atoms with Crippen molar-refractivity contribution in [2.45, 2.75) is 45.1 Å². The molecule has 0 spiro atoms. The van der Waals surface area contributed by atoms with Crippen LogP contribution in [0.4, 0.5) is 0 Å². The molecular weight excluding hydrogens is 160 g/mol. The standard InChI is InChI=1S/C12H20O/c1-11(2)12(13)9-7-5-3-4-6-8-10-12/h3,5,7,9,11,13H,4,6,8,10H2,1-2H3/b5-3+,9-7-. The van der Waals surface area contributed by atoms with Crippen LogP contribution in [0.3, 0.4) is 0 Å². The van der Waals surface area contributed by atoms with E-state index < -0.39 is 5.60 Å². The van der Waals surface area contributed by atoms with E-state index in [2.05, 4.69) is 19.9 Å². The Morgan fingerprint density at radius 2 is 2.00 bits per heavy atom. The van der Waals surface area contributed by atoms with Gasteiger partial charge in [0.15, 0.2) is 0 Å². The van der Waals surface area contributed by atoms with Gasteiger partial charge in [0.2, 0.25) is 0 Å². The molecule has 13 heavy (non-hydrogen) atoms. The zero-order valence-corrected chi connectivity index (χ0v) is 8.66. The van der Waals surface area contributed by atoms with E-state index in [1.807, 2.05) is 18.2 Å². The number of allylic oxidation sites excluding steroid dienone is 3.